The molecule has 0 aliphatic carbocycles. The average molecular weight is 360 g/mol. The Kier molecular flexibility index (Phi) is 6.73. The van der Waals surface area contributed by atoms with Crippen LogP contribution < -0.4 is 5.32 Å². The number of hydrogen-bond acceptors (Lipinski definition) is 3. The van der Waals surface area contributed by atoms with Gasteiger partial charge in [-0.25, -0.2) is 8.42 Å². The van der Waals surface area contributed by atoms with Gasteiger partial charge in [-0.1, -0.05) is 48.0 Å². The summed E-state index contributed by atoms with van der Waals surface area (Å²) in [6.45, 7) is 2.22. The molecular weight excluding hydrogens is 336 g/mol. The summed E-state index contributed by atoms with van der Waals surface area (Å²) in [4.78, 5) is 12.2. The maximum Gasteiger partial charge on any atom is 0.243 e. The summed E-state index contributed by atoms with van der Waals surface area (Å²) in [6, 6.07) is 16.6. The number of benzene rings is 2. The number of hydrogen-bond donors (Lipinski definition) is 1. The van der Waals surface area contributed by atoms with Crippen molar-refractivity contribution in [1.82, 2.24) is 9.62 Å². The first kappa shape index (κ1) is 19.1. The summed E-state index contributed by atoms with van der Waals surface area (Å²) in [6.07, 6.45) is 1.68. The minimum Gasteiger partial charge on any atom is -0.355 e. The summed E-state index contributed by atoms with van der Waals surface area (Å²) in [5.41, 5.74) is 2.20. The molecule has 0 aliphatic rings. The zero-order chi connectivity index (χ0) is 18.3. The summed E-state index contributed by atoms with van der Waals surface area (Å²) in [5, 5.41) is 2.77. The molecule has 2 aromatic rings. The molecule has 0 saturated heterocycles. The largest absolute Gasteiger partial charge is 0.355 e. The van der Waals surface area contributed by atoms with Crippen molar-refractivity contribution in [1.29, 1.82) is 0 Å². The molecule has 25 heavy (non-hydrogen) atoms. The van der Waals surface area contributed by atoms with Crippen LogP contribution in [-0.2, 0) is 21.2 Å². The Balaban J connectivity index is 1.80. The van der Waals surface area contributed by atoms with Gasteiger partial charge in [-0.2, -0.15) is 4.31 Å². The van der Waals surface area contributed by atoms with Gasteiger partial charge in [0.15, 0.2) is 0 Å². The SMILES string of the molecule is Cc1ccc(S(=O)(=O)N(C)CC(=O)NCCCc2ccccc2)cc1. The molecule has 0 saturated carbocycles. The van der Waals surface area contributed by atoms with Gasteiger partial charge < -0.3 is 5.32 Å². The molecule has 0 spiro atoms. The Labute approximate surface area is 149 Å². The summed E-state index contributed by atoms with van der Waals surface area (Å²) >= 11 is 0. The van der Waals surface area contributed by atoms with Crippen LogP contribution in [-0.4, -0.2) is 38.8 Å². The molecule has 0 heterocycles. The van der Waals surface area contributed by atoms with Gasteiger partial charge in [-0.15, -0.1) is 0 Å². The highest BCUT2D eigenvalue weighted by molar-refractivity contribution is 7.89. The van der Waals surface area contributed by atoms with E-state index >= 15 is 0 Å². The van der Waals surface area contributed by atoms with Crippen LogP contribution in [0.1, 0.15) is 17.5 Å². The van der Waals surface area contributed by atoms with Crippen molar-refractivity contribution in [2.75, 3.05) is 20.1 Å². The van der Waals surface area contributed by atoms with Crippen LogP contribution in [0, 0.1) is 6.92 Å². The van der Waals surface area contributed by atoms with Crippen molar-refractivity contribution in [3.63, 3.8) is 0 Å². The molecule has 5 nitrogen and oxygen atoms in total. The van der Waals surface area contributed by atoms with Crippen LogP contribution in [0.25, 0.3) is 0 Å². The van der Waals surface area contributed by atoms with E-state index in [0.717, 1.165) is 22.7 Å². The van der Waals surface area contributed by atoms with Crippen molar-refractivity contribution in [2.45, 2.75) is 24.7 Å². The van der Waals surface area contributed by atoms with Gasteiger partial charge >= 0.3 is 0 Å². The number of carbonyl (C=O) groups is 1. The predicted molar refractivity (Wildman–Crippen MR) is 98.8 cm³/mol. The van der Waals surface area contributed by atoms with E-state index in [1.54, 1.807) is 24.3 Å². The van der Waals surface area contributed by atoms with Gasteiger partial charge in [0, 0.05) is 13.6 Å². The molecule has 0 unspecified atom stereocenters. The molecule has 0 fully saturated rings. The standard InChI is InChI=1S/C19H24N2O3S/c1-16-10-12-18(13-11-16)25(23,24)21(2)15-19(22)20-14-6-9-17-7-4-3-5-8-17/h3-5,7-8,10-13H,6,9,14-15H2,1-2H3,(H,20,22). The molecule has 134 valence electrons. The van der Waals surface area contributed by atoms with E-state index in [-0.39, 0.29) is 17.3 Å². The Morgan fingerprint density at radius 1 is 1.04 bits per heavy atom. The minimum absolute atomic E-state index is 0.192. The van der Waals surface area contributed by atoms with Crippen molar-refractivity contribution in [3.05, 3.63) is 65.7 Å². The molecule has 0 bridgehead atoms. The minimum atomic E-state index is -3.65. The maximum atomic E-state index is 12.4. The number of aryl methyl sites for hydroxylation is 2. The van der Waals surface area contributed by atoms with E-state index in [4.69, 9.17) is 0 Å². The highest BCUT2D eigenvalue weighted by Crippen LogP contribution is 2.14. The molecule has 6 heteroatoms. The third kappa shape index (κ3) is 5.69. The molecule has 0 aliphatic heterocycles. The van der Waals surface area contributed by atoms with Gasteiger partial charge in [-0.05, 0) is 37.5 Å². The van der Waals surface area contributed by atoms with Crippen LogP contribution in [0.5, 0.6) is 0 Å². The Morgan fingerprint density at radius 3 is 2.32 bits per heavy atom. The molecule has 0 atom stereocenters. The Morgan fingerprint density at radius 2 is 1.68 bits per heavy atom. The van der Waals surface area contributed by atoms with Gasteiger partial charge in [0.1, 0.15) is 0 Å². The first-order valence-electron chi connectivity index (χ1n) is 8.23. The van der Waals surface area contributed by atoms with E-state index in [1.807, 2.05) is 37.3 Å². The predicted octanol–water partition coefficient (Wildman–Crippen LogP) is 2.36. The maximum absolute atomic E-state index is 12.4. The van der Waals surface area contributed by atoms with E-state index in [9.17, 15) is 13.2 Å². The smallest absolute Gasteiger partial charge is 0.243 e. The number of amides is 1. The lowest BCUT2D eigenvalue weighted by Crippen LogP contribution is -2.38. The van der Waals surface area contributed by atoms with E-state index in [0.29, 0.717) is 6.54 Å². The third-order valence-electron chi connectivity index (χ3n) is 3.90. The lowest BCUT2D eigenvalue weighted by Gasteiger charge is -2.17. The summed E-state index contributed by atoms with van der Waals surface area (Å²) in [7, 11) is -2.24. The van der Waals surface area contributed by atoms with Crippen molar-refractivity contribution in [2.24, 2.45) is 0 Å². The normalized spacial score (nSPS) is 11.5. The zero-order valence-corrected chi connectivity index (χ0v) is 15.4. The monoisotopic (exact) mass is 360 g/mol. The van der Waals surface area contributed by atoms with Gasteiger partial charge in [0.25, 0.3) is 0 Å². The van der Waals surface area contributed by atoms with Gasteiger partial charge in [-0.3, -0.25) is 4.79 Å². The number of likely N-dealkylation sites (N-methyl/N-ethyl adjacent to an activating group) is 1. The molecule has 2 rings (SSSR count). The number of carbonyl (C=O) groups excluding carboxylic acids is 1. The third-order valence-corrected chi connectivity index (χ3v) is 5.72. The molecule has 0 radical (unpaired) electrons. The van der Waals surface area contributed by atoms with E-state index in [2.05, 4.69) is 5.32 Å². The van der Waals surface area contributed by atoms with Crippen molar-refractivity contribution in [3.8, 4) is 0 Å². The fourth-order valence-corrected chi connectivity index (χ4v) is 3.53. The van der Waals surface area contributed by atoms with Crippen molar-refractivity contribution < 1.29 is 13.2 Å². The molecule has 1 amide bonds. The Hall–Kier alpha value is -2.18. The topological polar surface area (TPSA) is 66.5 Å². The van der Waals surface area contributed by atoms with Crippen LogP contribution in [0.2, 0.25) is 0 Å². The number of nitrogens with one attached hydrogen (secondary N) is 1. The molecular formula is C19H24N2O3S. The number of sulfonamides is 1. The fourth-order valence-electron chi connectivity index (χ4n) is 2.40. The first-order chi connectivity index (χ1) is 11.9. The first-order valence-corrected chi connectivity index (χ1v) is 9.67. The average Bonchev–Trinajstić information content (AvgIpc) is 2.60. The molecule has 2 aromatic carbocycles. The van der Waals surface area contributed by atoms with Crippen LogP contribution in [0.15, 0.2) is 59.5 Å². The van der Waals surface area contributed by atoms with E-state index in [1.165, 1.54) is 12.6 Å². The Bertz CT molecular complexity index is 787. The van der Waals surface area contributed by atoms with Gasteiger partial charge in [0.2, 0.25) is 15.9 Å². The van der Waals surface area contributed by atoms with Crippen molar-refractivity contribution >= 4 is 15.9 Å². The number of nitrogens with zero attached hydrogens (tertiary/aromatic N) is 1. The quantitative estimate of drug-likeness (QED) is 0.735. The highest BCUT2D eigenvalue weighted by atomic mass is 32.2. The van der Waals surface area contributed by atoms with Crippen LogP contribution in [0.3, 0.4) is 0 Å². The second-order valence-electron chi connectivity index (χ2n) is 6.01. The summed E-state index contributed by atoms with van der Waals surface area (Å²) in [5.74, 6) is -0.300. The number of rotatable bonds is 8. The zero-order valence-electron chi connectivity index (χ0n) is 14.6. The van der Waals surface area contributed by atoms with Crippen LogP contribution >= 0.6 is 0 Å². The molecule has 1 N–H and O–H groups in total. The van der Waals surface area contributed by atoms with E-state index < -0.39 is 10.0 Å². The highest BCUT2D eigenvalue weighted by Gasteiger charge is 2.22. The van der Waals surface area contributed by atoms with Crippen LogP contribution in [0.4, 0.5) is 0 Å². The second kappa shape index (κ2) is 8.78. The summed E-state index contributed by atoms with van der Waals surface area (Å²) < 4.78 is 26.0. The fraction of sp³-hybridized carbons (Fsp3) is 0.316. The van der Waals surface area contributed by atoms with Gasteiger partial charge in [0.05, 0.1) is 11.4 Å². The lowest BCUT2D eigenvalue weighted by atomic mass is 10.1. The lowest BCUT2D eigenvalue weighted by molar-refractivity contribution is -0.121. The second-order valence-corrected chi connectivity index (χ2v) is 8.06. The molecule has 0 aromatic heterocycles.